The summed E-state index contributed by atoms with van der Waals surface area (Å²) in [4.78, 5) is 50.3. The van der Waals surface area contributed by atoms with Crippen LogP contribution in [-0.4, -0.2) is 41.2 Å². The molecule has 2 aromatic carbocycles. The average molecular weight is 458 g/mol. The van der Waals surface area contributed by atoms with Crippen LogP contribution in [0.5, 0.6) is 0 Å². The van der Waals surface area contributed by atoms with Crippen LogP contribution in [0.2, 0.25) is 0 Å². The highest BCUT2D eigenvalue weighted by Gasteiger charge is 2.54. The van der Waals surface area contributed by atoms with Crippen LogP contribution in [0.4, 0.5) is 13.2 Å². The van der Waals surface area contributed by atoms with Crippen LogP contribution in [0.25, 0.3) is 0 Å². The van der Waals surface area contributed by atoms with E-state index in [1.807, 2.05) is 6.92 Å². The largest absolute Gasteiger partial charge is 0.402 e. The standard InChI is InChI=1S/C24H21F3N2O4/c1-3-4-5-10-29-21(32)16-9-7-14(12-18(16)22(29)33)23(2,24(25,26)27)13-6-8-15-17(11-13)20(31)28-19(15)30/h6-9,11-12H,3-5,10H2,1-2H3,(H,28,30,31). The zero-order valence-corrected chi connectivity index (χ0v) is 18.0. The number of rotatable bonds is 6. The molecule has 4 rings (SSSR count). The van der Waals surface area contributed by atoms with Crippen molar-refractivity contribution in [1.82, 2.24) is 10.2 Å². The maximum atomic E-state index is 14.5. The highest BCUT2D eigenvalue weighted by atomic mass is 19.4. The molecule has 0 aliphatic carbocycles. The Morgan fingerprint density at radius 1 is 0.788 bits per heavy atom. The molecular weight excluding hydrogens is 437 g/mol. The van der Waals surface area contributed by atoms with E-state index in [1.165, 1.54) is 18.2 Å². The second kappa shape index (κ2) is 7.83. The number of nitrogens with zero attached hydrogens (tertiary/aromatic N) is 1. The SMILES string of the molecule is CCCCCN1C(=O)c2ccc(C(C)(c3ccc4c(c3)C(=O)NC4=O)C(F)(F)F)cc2C1=O. The number of carbonyl (C=O) groups excluding carboxylic acids is 4. The molecule has 9 heteroatoms. The molecule has 0 saturated carbocycles. The Balaban J connectivity index is 1.80. The lowest BCUT2D eigenvalue weighted by Crippen LogP contribution is -2.41. The van der Waals surface area contributed by atoms with Crippen molar-refractivity contribution in [3.63, 3.8) is 0 Å². The van der Waals surface area contributed by atoms with Gasteiger partial charge in [-0.2, -0.15) is 13.2 Å². The maximum Gasteiger partial charge on any atom is 0.402 e. The van der Waals surface area contributed by atoms with Crippen molar-refractivity contribution in [2.75, 3.05) is 6.54 Å². The number of hydrogen-bond acceptors (Lipinski definition) is 4. The van der Waals surface area contributed by atoms with Gasteiger partial charge in [0.2, 0.25) is 0 Å². The van der Waals surface area contributed by atoms with Gasteiger partial charge in [0.1, 0.15) is 5.41 Å². The number of hydrogen-bond donors (Lipinski definition) is 1. The van der Waals surface area contributed by atoms with Gasteiger partial charge in [0.25, 0.3) is 23.6 Å². The number of fused-ring (bicyclic) bond motifs is 2. The van der Waals surface area contributed by atoms with Crippen molar-refractivity contribution in [1.29, 1.82) is 0 Å². The summed E-state index contributed by atoms with van der Waals surface area (Å²) in [6.07, 6.45) is -2.48. The van der Waals surface area contributed by atoms with E-state index in [-0.39, 0.29) is 39.9 Å². The van der Waals surface area contributed by atoms with E-state index in [4.69, 9.17) is 0 Å². The van der Waals surface area contributed by atoms with Gasteiger partial charge in [-0.1, -0.05) is 31.9 Å². The lowest BCUT2D eigenvalue weighted by molar-refractivity contribution is -0.173. The Kier molecular flexibility index (Phi) is 5.38. The quantitative estimate of drug-likeness (QED) is 0.519. The number of unbranched alkanes of at least 4 members (excludes halogenated alkanes) is 2. The first kappa shape index (κ1) is 22.7. The molecule has 6 nitrogen and oxygen atoms in total. The Labute approximate surface area is 187 Å². The third kappa shape index (κ3) is 3.42. The lowest BCUT2D eigenvalue weighted by atomic mass is 9.74. The Morgan fingerprint density at radius 3 is 1.94 bits per heavy atom. The minimum absolute atomic E-state index is 0.00530. The molecule has 0 aromatic heterocycles. The molecule has 0 bridgehead atoms. The number of amides is 4. The van der Waals surface area contributed by atoms with Crippen LogP contribution < -0.4 is 5.32 Å². The summed E-state index contributed by atoms with van der Waals surface area (Å²) in [6.45, 7) is 3.14. The van der Waals surface area contributed by atoms with E-state index in [0.29, 0.717) is 6.42 Å². The molecule has 0 radical (unpaired) electrons. The van der Waals surface area contributed by atoms with Gasteiger partial charge in [-0.15, -0.1) is 0 Å². The first-order chi connectivity index (χ1) is 15.5. The molecule has 2 heterocycles. The van der Waals surface area contributed by atoms with Gasteiger partial charge in [0.15, 0.2) is 0 Å². The topological polar surface area (TPSA) is 83.6 Å². The van der Waals surface area contributed by atoms with Crippen molar-refractivity contribution >= 4 is 23.6 Å². The van der Waals surface area contributed by atoms with Gasteiger partial charge in [-0.25, -0.2) is 0 Å². The first-order valence-electron chi connectivity index (χ1n) is 10.6. The van der Waals surface area contributed by atoms with E-state index in [1.54, 1.807) is 0 Å². The van der Waals surface area contributed by atoms with Gasteiger partial charge in [-0.3, -0.25) is 29.4 Å². The van der Waals surface area contributed by atoms with Gasteiger partial charge in [-0.05, 0) is 48.7 Å². The molecule has 0 fully saturated rings. The van der Waals surface area contributed by atoms with Crippen molar-refractivity contribution in [3.05, 3.63) is 69.8 Å². The first-order valence-corrected chi connectivity index (χ1v) is 10.6. The Hall–Kier alpha value is -3.49. The predicted octanol–water partition coefficient (Wildman–Crippen LogP) is 4.22. The molecule has 1 atom stereocenters. The molecule has 172 valence electrons. The third-order valence-corrected chi connectivity index (χ3v) is 6.41. The van der Waals surface area contributed by atoms with Crippen LogP contribution in [0, 0.1) is 0 Å². The summed E-state index contributed by atoms with van der Waals surface area (Å²) in [7, 11) is 0. The fourth-order valence-corrected chi connectivity index (χ4v) is 4.30. The molecule has 1 N–H and O–H groups in total. The monoisotopic (exact) mass is 458 g/mol. The molecule has 0 saturated heterocycles. The summed E-state index contributed by atoms with van der Waals surface area (Å²) in [6, 6.07) is 6.94. The third-order valence-electron chi connectivity index (χ3n) is 6.41. The summed E-state index contributed by atoms with van der Waals surface area (Å²) >= 11 is 0. The Morgan fingerprint density at radius 2 is 1.33 bits per heavy atom. The summed E-state index contributed by atoms with van der Waals surface area (Å²) in [5.74, 6) is -2.56. The number of carbonyl (C=O) groups is 4. The van der Waals surface area contributed by atoms with Crippen molar-refractivity contribution in [2.24, 2.45) is 0 Å². The van der Waals surface area contributed by atoms with Crippen LogP contribution in [0.15, 0.2) is 36.4 Å². The second-order valence-electron chi connectivity index (χ2n) is 8.40. The van der Waals surface area contributed by atoms with Crippen LogP contribution in [0.3, 0.4) is 0 Å². The highest BCUT2D eigenvalue weighted by Crippen LogP contribution is 2.47. The minimum atomic E-state index is -4.80. The van der Waals surface area contributed by atoms with E-state index >= 15 is 0 Å². The fourth-order valence-electron chi connectivity index (χ4n) is 4.30. The number of nitrogens with one attached hydrogen (secondary N) is 1. The molecular formula is C24H21F3N2O4. The molecule has 2 aliphatic rings. The summed E-state index contributed by atoms with van der Waals surface area (Å²) in [5.41, 5.74) is -3.22. The highest BCUT2D eigenvalue weighted by molar-refractivity contribution is 6.22. The second-order valence-corrected chi connectivity index (χ2v) is 8.40. The van der Waals surface area contributed by atoms with Crippen molar-refractivity contribution in [2.45, 2.75) is 44.7 Å². The molecule has 0 spiro atoms. The summed E-state index contributed by atoms with van der Waals surface area (Å²) < 4.78 is 43.4. The zero-order valence-electron chi connectivity index (χ0n) is 18.0. The maximum absolute atomic E-state index is 14.5. The fraction of sp³-hybridized carbons (Fsp3) is 0.333. The smallest absolute Gasteiger partial charge is 0.288 e. The number of halogens is 3. The molecule has 2 aliphatic heterocycles. The van der Waals surface area contributed by atoms with E-state index in [0.717, 1.165) is 42.9 Å². The van der Waals surface area contributed by atoms with Gasteiger partial charge in [0.05, 0.1) is 22.3 Å². The predicted molar refractivity (Wildman–Crippen MR) is 112 cm³/mol. The zero-order chi connectivity index (χ0) is 24.1. The minimum Gasteiger partial charge on any atom is -0.288 e. The van der Waals surface area contributed by atoms with Crippen LogP contribution in [0.1, 0.15) is 85.7 Å². The number of benzene rings is 2. The van der Waals surface area contributed by atoms with Gasteiger partial charge < -0.3 is 0 Å². The number of alkyl halides is 3. The molecule has 4 amide bonds. The Bertz CT molecular complexity index is 1200. The summed E-state index contributed by atoms with van der Waals surface area (Å²) in [5, 5.41) is 2.06. The van der Waals surface area contributed by atoms with Crippen LogP contribution >= 0.6 is 0 Å². The van der Waals surface area contributed by atoms with Crippen LogP contribution in [-0.2, 0) is 5.41 Å². The van der Waals surface area contributed by atoms with Crippen molar-refractivity contribution in [3.8, 4) is 0 Å². The van der Waals surface area contributed by atoms with E-state index in [2.05, 4.69) is 5.32 Å². The van der Waals surface area contributed by atoms with E-state index in [9.17, 15) is 32.3 Å². The van der Waals surface area contributed by atoms with Crippen molar-refractivity contribution < 1.29 is 32.3 Å². The van der Waals surface area contributed by atoms with Gasteiger partial charge >= 0.3 is 6.18 Å². The molecule has 1 unspecified atom stereocenters. The normalized spacial score (nSPS) is 17.2. The average Bonchev–Trinajstić information content (AvgIpc) is 3.19. The lowest BCUT2D eigenvalue weighted by Gasteiger charge is -2.33. The number of imide groups is 2. The van der Waals surface area contributed by atoms with E-state index < -0.39 is 35.2 Å². The van der Waals surface area contributed by atoms with Gasteiger partial charge in [0, 0.05) is 6.54 Å². The molecule has 33 heavy (non-hydrogen) atoms. The molecule has 2 aromatic rings.